The van der Waals surface area contributed by atoms with Crippen LogP contribution < -0.4 is 0 Å². The number of aliphatic hydroxyl groups excluding tert-OH is 1. The number of nitrogens with zero attached hydrogens (tertiary/aromatic N) is 2. The Morgan fingerprint density at radius 1 is 1.15 bits per heavy atom. The van der Waals surface area contributed by atoms with Gasteiger partial charge in [-0.05, 0) is 23.8 Å². The number of ketones is 1. The molecule has 1 aromatic heterocycles. The molecular weight excluding hydrogens is 369 g/mol. The summed E-state index contributed by atoms with van der Waals surface area (Å²) in [6.45, 7) is -0.689. The minimum atomic E-state index is -4.61. The molecule has 1 heterocycles. The molecule has 3 rings (SSSR count). The second-order valence-corrected chi connectivity index (χ2v) is 5.87. The maximum Gasteiger partial charge on any atom is 0.449 e. The summed E-state index contributed by atoms with van der Waals surface area (Å²) in [6, 6.07) is 10.4. The lowest BCUT2D eigenvalue weighted by Gasteiger charge is -2.12. The Balaban J connectivity index is 0.00000243. The number of aromatic nitrogens is 2. The van der Waals surface area contributed by atoms with Crippen LogP contribution in [0.25, 0.3) is 11.0 Å². The third-order valence-electron chi connectivity index (χ3n) is 3.72. The number of hydrogen-bond donors (Lipinski definition) is 1. The smallest absolute Gasteiger partial charge is 0.388 e. The Bertz CT molecular complexity index is 934. The van der Waals surface area contributed by atoms with Crippen LogP contribution in [0, 0.1) is 0 Å². The highest BCUT2D eigenvalue weighted by Gasteiger charge is 2.37. The molecule has 1 N–H and O–H groups in total. The summed E-state index contributed by atoms with van der Waals surface area (Å²) in [7, 11) is 0. The van der Waals surface area contributed by atoms with Crippen molar-refractivity contribution >= 4 is 28.4 Å². The number of hydrogen-bond acceptors (Lipinski definition) is 3. The van der Waals surface area contributed by atoms with Crippen molar-refractivity contribution in [3.05, 3.63) is 64.4 Å². The first-order chi connectivity index (χ1) is 11.8. The number of alkyl halides is 3. The van der Waals surface area contributed by atoms with E-state index < -0.39 is 24.4 Å². The number of Topliss-reactive ketones (excluding diaryl/α,β-unsaturated/α-hetero) is 1. The molecule has 0 radical (unpaired) electrons. The van der Waals surface area contributed by atoms with Crippen molar-refractivity contribution in [2.24, 2.45) is 0 Å². The van der Waals surface area contributed by atoms with Crippen LogP contribution in [0.2, 0.25) is 5.02 Å². The van der Waals surface area contributed by atoms with E-state index in [0.29, 0.717) is 21.7 Å². The molecule has 0 atom stereocenters. The molecule has 138 valence electrons. The molecule has 0 saturated carbocycles. The van der Waals surface area contributed by atoms with Gasteiger partial charge in [0.15, 0.2) is 5.78 Å². The van der Waals surface area contributed by atoms with Gasteiger partial charge in [0.1, 0.15) is 6.61 Å². The summed E-state index contributed by atoms with van der Waals surface area (Å²) in [5, 5.41) is 9.14. The summed E-state index contributed by atoms with van der Waals surface area (Å²) in [5.74, 6) is -1.47. The van der Waals surface area contributed by atoms with Gasteiger partial charge in [0, 0.05) is 17.1 Å². The molecule has 0 unspecified atom stereocenters. The van der Waals surface area contributed by atoms with Gasteiger partial charge >= 0.3 is 6.18 Å². The van der Waals surface area contributed by atoms with Crippen molar-refractivity contribution in [2.45, 2.75) is 20.1 Å². The molecule has 0 fully saturated rings. The summed E-state index contributed by atoms with van der Waals surface area (Å²) >= 11 is 5.83. The number of benzene rings is 2. The topological polar surface area (TPSA) is 55.1 Å². The second-order valence-electron chi connectivity index (χ2n) is 5.43. The van der Waals surface area contributed by atoms with Crippen molar-refractivity contribution in [2.75, 3.05) is 6.61 Å². The molecule has 0 aliphatic heterocycles. The number of carbonyl (C=O) groups is 1. The summed E-state index contributed by atoms with van der Waals surface area (Å²) in [4.78, 5) is 15.1. The zero-order valence-corrected chi connectivity index (χ0v) is 13.5. The fourth-order valence-corrected chi connectivity index (χ4v) is 2.72. The van der Waals surface area contributed by atoms with Gasteiger partial charge in [0.2, 0.25) is 5.82 Å². The third kappa shape index (κ3) is 3.89. The van der Waals surface area contributed by atoms with E-state index in [1.807, 2.05) is 0 Å². The Hall–Kier alpha value is -2.38. The predicted octanol–water partition coefficient (Wildman–Crippen LogP) is 4.57. The van der Waals surface area contributed by atoms with Crippen LogP contribution >= 0.6 is 11.6 Å². The average molecular weight is 385 g/mol. The van der Waals surface area contributed by atoms with Gasteiger partial charge in [-0.25, -0.2) is 4.98 Å². The summed E-state index contributed by atoms with van der Waals surface area (Å²) < 4.78 is 41.0. The number of rotatable bonds is 4. The Morgan fingerprint density at radius 2 is 1.81 bits per heavy atom. The van der Waals surface area contributed by atoms with Gasteiger partial charge in [-0.2, -0.15) is 13.2 Å². The molecule has 26 heavy (non-hydrogen) atoms. The minimum absolute atomic E-state index is 0. The molecule has 3 aromatic rings. The van der Waals surface area contributed by atoms with Crippen LogP contribution in [0.1, 0.15) is 29.2 Å². The van der Waals surface area contributed by atoms with Crippen LogP contribution in [0.3, 0.4) is 0 Å². The Morgan fingerprint density at radius 3 is 2.38 bits per heavy atom. The van der Waals surface area contributed by atoms with Crippen LogP contribution in [0.15, 0.2) is 42.5 Å². The predicted molar refractivity (Wildman–Crippen MR) is 93.4 cm³/mol. The molecule has 0 spiro atoms. The first-order valence-corrected chi connectivity index (χ1v) is 7.63. The van der Waals surface area contributed by atoms with Gasteiger partial charge < -0.3 is 9.67 Å². The normalized spacial score (nSPS) is 11.4. The van der Waals surface area contributed by atoms with Crippen LogP contribution in [-0.2, 0) is 12.7 Å². The zero-order valence-electron chi connectivity index (χ0n) is 12.7. The highest BCUT2D eigenvalue weighted by atomic mass is 35.5. The summed E-state index contributed by atoms with van der Waals surface area (Å²) in [6.07, 6.45) is -4.61. The maximum absolute atomic E-state index is 13.3. The van der Waals surface area contributed by atoms with Crippen molar-refractivity contribution in [3.8, 4) is 0 Å². The lowest BCUT2D eigenvalue weighted by molar-refractivity contribution is -0.146. The van der Waals surface area contributed by atoms with Crippen molar-refractivity contribution in [3.63, 3.8) is 0 Å². The maximum atomic E-state index is 13.3. The van der Waals surface area contributed by atoms with E-state index in [1.54, 1.807) is 12.1 Å². The van der Waals surface area contributed by atoms with Crippen LogP contribution in [0.4, 0.5) is 13.2 Å². The fourth-order valence-electron chi connectivity index (χ4n) is 2.55. The number of fused-ring (bicyclic) bond motifs is 1. The molecule has 0 aliphatic carbocycles. The molecule has 0 saturated heterocycles. The molecular formula is C18H16ClF3N2O2. The van der Waals surface area contributed by atoms with Gasteiger partial charge in [0.05, 0.1) is 11.0 Å². The standard InChI is InChI=1S/C17H12ClF3N2O2.CH4/c18-12-5-6-14-13(7-12)22-16(17(19,20)21)23(14)8-10-1-3-11(4-2-10)15(25)9-24;/h1-7,24H,8-9H2;1H4. The van der Waals surface area contributed by atoms with Crippen molar-refractivity contribution < 1.29 is 23.1 Å². The zero-order chi connectivity index (χ0) is 18.2. The highest BCUT2D eigenvalue weighted by Crippen LogP contribution is 2.32. The van der Waals surface area contributed by atoms with E-state index >= 15 is 0 Å². The fraction of sp³-hybridized carbons (Fsp3) is 0.222. The molecule has 0 amide bonds. The molecule has 0 bridgehead atoms. The first-order valence-electron chi connectivity index (χ1n) is 7.25. The number of halogens is 4. The SMILES string of the molecule is C.O=C(CO)c1ccc(Cn2c(C(F)(F)F)nc3cc(Cl)ccc32)cc1. The van der Waals surface area contributed by atoms with E-state index in [2.05, 4.69) is 4.98 Å². The largest absolute Gasteiger partial charge is 0.449 e. The van der Waals surface area contributed by atoms with E-state index in [9.17, 15) is 18.0 Å². The lowest BCUT2D eigenvalue weighted by atomic mass is 10.1. The van der Waals surface area contributed by atoms with Gasteiger partial charge in [-0.3, -0.25) is 4.79 Å². The van der Waals surface area contributed by atoms with Crippen LogP contribution in [-0.4, -0.2) is 27.0 Å². The second kappa shape index (κ2) is 7.47. The lowest BCUT2D eigenvalue weighted by Crippen LogP contribution is -2.15. The van der Waals surface area contributed by atoms with Crippen molar-refractivity contribution in [1.82, 2.24) is 9.55 Å². The van der Waals surface area contributed by atoms with Gasteiger partial charge in [0.25, 0.3) is 0 Å². The van der Waals surface area contributed by atoms with Gasteiger partial charge in [-0.1, -0.05) is 43.3 Å². The van der Waals surface area contributed by atoms with Crippen LogP contribution in [0.5, 0.6) is 0 Å². The quantitative estimate of drug-likeness (QED) is 0.670. The van der Waals surface area contributed by atoms with E-state index in [4.69, 9.17) is 16.7 Å². The molecule has 0 aliphatic rings. The van der Waals surface area contributed by atoms with Crippen molar-refractivity contribution in [1.29, 1.82) is 0 Å². The van der Waals surface area contributed by atoms with Gasteiger partial charge in [-0.15, -0.1) is 0 Å². The first kappa shape index (κ1) is 19.9. The Labute approximate surface area is 152 Å². The molecule has 8 heteroatoms. The van der Waals surface area contributed by atoms with E-state index in [-0.39, 0.29) is 19.5 Å². The minimum Gasteiger partial charge on any atom is -0.388 e. The molecule has 2 aromatic carbocycles. The molecule has 4 nitrogen and oxygen atoms in total. The third-order valence-corrected chi connectivity index (χ3v) is 3.96. The number of carbonyl (C=O) groups excluding carboxylic acids is 1. The monoisotopic (exact) mass is 384 g/mol. The Kier molecular flexibility index (Phi) is 5.73. The van der Waals surface area contributed by atoms with E-state index in [1.165, 1.54) is 30.3 Å². The number of aliphatic hydroxyl groups is 1. The van der Waals surface area contributed by atoms with E-state index in [0.717, 1.165) is 4.57 Å². The number of imidazole rings is 1. The average Bonchev–Trinajstić information content (AvgIpc) is 2.92. The summed E-state index contributed by atoms with van der Waals surface area (Å²) in [5.41, 5.74) is 1.33. The highest BCUT2D eigenvalue weighted by molar-refractivity contribution is 6.31.